The summed E-state index contributed by atoms with van der Waals surface area (Å²) in [6, 6.07) is 7.45. The smallest absolute Gasteiger partial charge is 0.316 e. The summed E-state index contributed by atoms with van der Waals surface area (Å²) in [5.74, 6) is -0.387. The molecule has 9 heteroatoms. The third kappa shape index (κ3) is 6.08. The van der Waals surface area contributed by atoms with E-state index in [4.69, 9.17) is 9.26 Å². The molecular weight excluding hydrogens is 394 g/mol. The number of carbonyl (C=O) groups excluding carboxylic acids is 3. The number of aryl methyl sites for hydroxylation is 3. The van der Waals surface area contributed by atoms with E-state index in [1.807, 2.05) is 18.2 Å². The molecule has 0 unspecified atom stereocenters. The van der Waals surface area contributed by atoms with Crippen molar-refractivity contribution < 1.29 is 23.6 Å². The van der Waals surface area contributed by atoms with Crippen molar-refractivity contribution in [2.24, 2.45) is 0 Å². The normalized spacial score (nSPS) is 13.4. The molecule has 0 bridgehead atoms. The fraction of sp³-hybridized carbons (Fsp3) is 0.400. The number of ether oxygens (including phenoxy) is 1. The van der Waals surface area contributed by atoms with E-state index in [0.717, 1.165) is 31.0 Å². The first kappa shape index (κ1) is 20.9. The fourth-order valence-electron chi connectivity index (χ4n) is 2.96. The molecule has 3 rings (SSSR count). The maximum absolute atomic E-state index is 12.1. The minimum absolute atomic E-state index is 0.0431. The van der Waals surface area contributed by atoms with Crippen LogP contribution in [0.25, 0.3) is 0 Å². The first-order valence-corrected chi connectivity index (χ1v) is 10.4. The number of amides is 2. The van der Waals surface area contributed by atoms with Crippen molar-refractivity contribution in [1.29, 1.82) is 0 Å². The summed E-state index contributed by atoms with van der Waals surface area (Å²) >= 11 is 1.11. The highest BCUT2D eigenvalue weighted by atomic mass is 32.2. The van der Waals surface area contributed by atoms with Gasteiger partial charge in [-0.3, -0.25) is 14.4 Å². The zero-order valence-corrected chi connectivity index (χ0v) is 17.1. The number of thioether (sulfide) groups is 1. The largest absolute Gasteiger partial charge is 0.455 e. The van der Waals surface area contributed by atoms with Crippen LogP contribution >= 0.6 is 11.8 Å². The zero-order valence-electron chi connectivity index (χ0n) is 16.3. The summed E-state index contributed by atoms with van der Waals surface area (Å²) in [5.41, 5.74) is 3.28. The average Bonchev–Trinajstić information content (AvgIpc) is 3.32. The minimum atomic E-state index is -0.559. The molecule has 2 amide bonds. The molecule has 0 radical (unpaired) electrons. The third-order valence-corrected chi connectivity index (χ3v) is 5.56. The van der Waals surface area contributed by atoms with Crippen molar-refractivity contribution in [3.8, 4) is 0 Å². The molecule has 1 aliphatic carbocycles. The number of benzene rings is 1. The van der Waals surface area contributed by atoms with Crippen LogP contribution < -0.4 is 10.6 Å². The van der Waals surface area contributed by atoms with E-state index in [-0.39, 0.29) is 18.3 Å². The van der Waals surface area contributed by atoms with Gasteiger partial charge in [-0.15, -0.1) is 11.8 Å². The van der Waals surface area contributed by atoms with E-state index in [1.165, 1.54) is 11.1 Å². The van der Waals surface area contributed by atoms with Gasteiger partial charge in [0.05, 0.1) is 11.0 Å². The lowest BCUT2D eigenvalue weighted by atomic mass is 10.1. The van der Waals surface area contributed by atoms with E-state index in [2.05, 4.69) is 15.8 Å². The predicted molar refractivity (Wildman–Crippen MR) is 110 cm³/mol. The lowest BCUT2D eigenvalue weighted by Gasteiger charge is -2.11. The second-order valence-corrected chi connectivity index (χ2v) is 8.14. The van der Waals surface area contributed by atoms with Crippen LogP contribution in [-0.4, -0.2) is 40.6 Å². The molecule has 8 nitrogen and oxygen atoms in total. The van der Waals surface area contributed by atoms with Crippen LogP contribution in [0.4, 0.5) is 11.5 Å². The molecule has 1 aliphatic rings. The molecule has 154 valence electrons. The van der Waals surface area contributed by atoms with Gasteiger partial charge in [-0.1, -0.05) is 11.2 Å². The zero-order chi connectivity index (χ0) is 20.8. The number of aromatic nitrogens is 1. The number of hydrogen-bond acceptors (Lipinski definition) is 7. The number of rotatable bonds is 8. The Morgan fingerprint density at radius 1 is 1.21 bits per heavy atom. The number of fused-ring (bicyclic) bond motifs is 1. The van der Waals surface area contributed by atoms with Gasteiger partial charge in [0.1, 0.15) is 5.76 Å². The maximum atomic E-state index is 12.1. The van der Waals surface area contributed by atoms with Gasteiger partial charge in [0.25, 0.3) is 5.91 Å². The molecule has 2 N–H and O–H groups in total. The highest BCUT2D eigenvalue weighted by molar-refractivity contribution is 8.01. The van der Waals surface area contributed by atoms with Gasteiger partial charge in [0.2, 0.25) is 5.91 Å². The van der Waals surface area contributed by atoms with Crippen LogP contribution in [0.1, 0.15) is 30.2 Å². The third-order valence-electron chi connectivity index (χ3n) is 4.45. The van der Waals surface area contributed by atoms with Crippen molar-refractivity contribution in [3.63, 3.8) is 0 Å². The number of hydrogen-bond donors (Lipinski definition) is 2. The van der Waals surface area contributed by atoms with E-state index < -0.39 is 17.1 Å². The van der Waals surface area contributed by atoms with Crippen LogP contribution in [-0.2, 0) is 32.0 Å². The summed E-state index contributed by atoms with van der Waals surface area (Å²) < 4.78 is 9.87. The Balaban J connectivity index is 1.35. The minimum Gasteiger partial charge on any atom is -0.455 e. The Morgan fingerprint density at radius 3 is 2.76 bits per heavy atom. The van der Waals surface area contributed by atoms with Gasteiger partial charge in [0, 0.05) is 11.8 Å². The molecule has 0 saturated carbocycles. The highest BCUT2D eigenvalue weighted by Crippen LogP contribution is 2.24. The van der Waals surface area contributed by atoms with Crippen molar-refractivity contribution in [1.82, 2.24) is 5.16 Å². The Kier molecular flexibility index (Phi) is 6.92. The monoisotopic (exact) mass is 417 g/mol. The molecule has 0 aliphatic heterocycles. The van der Waals surface area contributed by atoms with Gasteiger partial charge in [-0.2, -0.15) is 0 Å². The average molecular weight is 417 g/mol. The van der Waals surface area contributed by atoms with Gasteiger partial charge >= 0.3 is 5.97 Å². The molecule has 0 saturated heterocycles. The molecule has 29 heavy (non-hydrogen) atoms. The van der Waals surface area contributed by atoms with E-state index >= 15 is 0 Å². The first-order valence-electron chi connectivity index (χ1n) is 9.34. The second-order valence-electron chi connectivity index (χ2n) is 6.81. The van der Waals surface area contributed by atoms with Gasteiger partial charge in [-0.25, -0.2) is 0 Å². The molecule has 1 aromatic heterocycles. The Labute approximate surface area is 172 Å². The van der Waals surface area contributed by atoms with Crippen molar-refractivity contribution in [3.05, 3.63) is 41.2 Å². The maximum Gasteiger partial charge on any atom is 0.316 e. The summed E-state index contributed by atoms with van der Waals surface area (Å²) in [7, 11) is 0. The van der Waals surface area contributed by atoms with Crippen LogP contribution in [0.2, 0.25) is 0 Å². The van der Waals surface area contributed by atoms with Crippen LogP contribution in [0, 0.1) is 6.92 Å². The number of carbonyl (C=O) groups is 3. The van der Waals surface area contributed by atoms with Crippen LogP contribution in [0.15, 0.2) is 28.8 Å². The van der Waals surface area contributed by atoms with E-state index in [0.29, 0.717) is 17.3 Å². The molecule has 1 atom stereocenters. The van der Waals surface area contributed by atoms with Gasteiger partial charge in [0.15, 0.2) is 12.4 Å². The SMILES string of the molecule is Cc1cc(NC(=O)[C@H](C)SCC(=O)OCC(=O)Nc2ccc3c(c2)CCC3)no1. The standard InChI is InChI=1S/C20H23N3O5S/c1-12-8-17(23-28-12)22-20(26)13(2)29-11-19(25)27-10-18(24)21-16-7-6-14-4-3-5-15(14)9-16/h6-9,13H,3-5,10-11H2,1-2H3,(H,21,24)(H,22,23,26)/t13-/m0/s1. The quantitative estimate of drug-likeness (QED) is 0.635. The predicted octanol–water partition coefficient (Wildman–Crippen LogP) is 2.71. The number of nitrogens with one attached hydrogen (secondary N) is 2. The summed E-state index contributed by atoms with van der Waals surface area (Å²) in [4.78, 5) is 35.9. The molecule has 0 spiro atoms. The summed E-state index contributed by atoms with van der Waals surface area (Å²) in [6.45, 7) is 3.02. The van der Waals surface area contributed by atoms with Gasteiger partial charge < -0.3 is 19.9 Å². The summed E-state index contributed by atoms with van der Waals surface area (Å²) in [6.07, 6.45) is 3.23. The van der Waals surface area contributed by atoms with Crippen LogP contribution in [0.5, 0.6) is 0 Å². The van der Waals surface area contributed by atoms with Crippen LogP contribution in [0.3, 0.4) is 0 Å². The number of nitrogens with zero attached hydrogens (tertiary/aromatic N) is 1. The fourth-order valence-corrected chi connectivity index (χ4v) is 3.64. The molecular formula is C20H23N3O5S. The van der Waals surface area contributed by atoms with Gasteiger partial charge in [-0.05, 0) is 56.4 Å². The highest BCUT2D eigenvalue weighted by Gasteiger charge is 2.18. The van der Waals surface area contributed by atoms with E-state index in [9.17, 15) is 14.4 Å². The second kappa shape index (κ2) is 9.60. The lowest BCUT2D eigenvalue weighted by molar-refractivity contribution is -0.144. The number of esters is 1. The van der Waals surface area contributed by atoms with Crippen molar-refractivity contribution >= 4 is 41.1 Å². The Morgan fingerprint density at radius 2 is 2.00 bits per heavy atom. The Hall–Kier alpha value is -2.81. The summed E-state index contributed by atoms with van der Waals surface area (Å²) in [5, 5.41) is 8.52. The molecule has 1 aromatic carbocycles. The topological polar surface area (TPSA) is 111 Å². The van der Waals surface area contributed by atoms with E-state index in [1.54, 1.807) is 19.9 Å². The lowest BCUT2D eigenvalue weighted by Crippen LogP contribution is -2.25. The Bertz CT molecular complexity index is 911. The number of anilines is 2. The molecule has 0 fully saturated rings. The van der Waals surface area contributed by atoms with Crippen molar-refractivity contribution in [2.75, 3.05) is 23.0 Å². The van der Waals surface area contributed by atoms with Crippen molar-refractivity contribution in [2.45, 2.75) is 38.4 Å². The first-order chi connectivity index (χ1) is 13.9. The molecule has 1 heterocycles. The molecule has 2 aromatic rings.